The number of benzene rings is 1. The van der Waals surface area contributed by atoms with Gasteiger partial charge in [0.25, 0.3) is 0 Å². The van der Waals surface area contributed by atoms with Gasteiger partial charge >= 0.3 is 5.97 Å². The van der Waals surface area contributed by atoms with Crippen LogP contribution >= 0.6 is 0 Å². The molecule has 1 unspecified atom stereocenters. The summed E-state index contributed by atoms with van der Waals surface area (Å²) >= 11 is 0. The molecule has 0 aliphatic rings. The number of hydrogen-bond donors (Lipinski definition) is 2. The molecule has 0 radical (unpaired) electrons. The van der Waals surface area contributed by atoms with E-state index < -0.39 is 6.04 Å². The van der Waals surface area contributed by atoms with E-state index in [-0.39, 0.29) is 11.7 Å². The second kappa shape index (κ2) is 4.99. The number of aryl methyl sites for hydroxylation is 2. The van der Waals surface area contributed by atoms with Crippen LogP contribution in [0.4, 0.5) is 0 Å². The zero-order chi connectivity index (χ0) is 12.3. The molecule has 0 aromatic heterocycles. The molecular formula is C12H18NO3+. The quantitative estimate of drug-likeness (QED) is 0.727. The number of carbonyl (C=O) groups excluding carboxylic acids is 1. The van der Waals surface area contributed by atoms with Crippen molar-refractivity contribution in [1.29, 1.82) is 0 Å². The van der Waals surface area contributed by atoms with E-state index in [0.29, 0.717) is 6.42 Å². The van der Waals surface area contributed by atoms with E-state index >= 15 is 0 Å². The van der Waals surface area contributed by atoms with E-state index in [0.717, 1.165) is 16.7 Å². The molecule has 4 heteroatoms. The highest BCUT2D eigenvalue weighted by Gasteiger charge is 2.20. The molecule has 88 valence electrons. The van der Waals surface area contributed by atoms with Crippen molar-refractivity contribution in [1.82, 2.24) is 0 Å². The summed E-state index contributed by atoms with van der Waals surface area (Å²) in [5.74, 6) is -0.0655. The van der Waals surface area contributed by atoms with E-state index in [9.17, 15) is 9.90 Å². The fraction of sp³-hybridized carbons (Fsp3) is 0.417. The standard InChI is InChI=1S/C12H17NO3/c1-7-4-9(14)5-8(2)10(7)6-11(13)12(15)16-3/h4-5,11,14H,6,13H2,1-3H3/p+1. The van der Waals surface area contributed by atoms with Gasteiger partial charge in [-0.25, -0.2) is 4.79 Å². The smallest absolute Gasteiger partial charge is 0.364 e. The highest BCUT2D eigenvalue weighted by molar-refractivity contribution is 5.74. The Bertz CT molecular complexity index is 378. The maximum absolute atomic E-state index is 11.3. The Kier molecular flexibility index (Phi) is 3.90. The minimum absolute atomic E-state index is 0.248. The summed E-state index contributed by atoms with van der Waals surface area (Å²) in [6.45, 7) is 3.82. The first-order chi connectivity index (χ1) is 7.45. The van der Waals surface area contributed by atoms with Gasteiger partial charge in [-0.15, -0.1) is 0 Å². The van der Waals surface area contributed by atoms with Crippen LogP contribution in [0, 0.1) is 13.8 Å². The summed E-state index contributed by atoms with van der Waals surface area (Å²) in [6.07, 6.45) is 0.532. The Morgan fingerprint density at radius 2 is 1.94 bits per heavy atom. The predicted octanol–water partition coefficient (Wildman–Crippen LogP) is 0.335. The lowest BCUT2D eigenvalue weighted by atomic mass is 9.96. The first kappa shape index (κ1) is 12.5. The number of methoxy groups -OCH3 is 1. The first-order valence-corrected chi connectivity index (χ1v) is 5.15. The number of quaternary nitrogens is 1. The number of esters is 1. The molecule has 0 heterocycles. The normalized spacial score (nSPS) is 12.2. The first-order valence-electron chi connectivity index (χ1n) is 5.15. The number of rotatable bonds is 3. The van der Waals surface area contributed by atoms with Crippen molar-refractivity contribution in [3.63, 3.8) is 0 Å². The van der Waals surface area contributed by atoms with Crippen molar-refractivity contribution < 1.29 is 20.4 Å². The van der Waals surface area contributed by atoms with Gasteiger partial charge in [-0.05, 0) is 42.7 Å². The second-order valence-electron chi connectivity index (χ2n) is 3.98. The molecule has 0 saturated heterocycles. The summed E-state index contributed by atoms with van der Waals surface area (Å²) in [4.78, 5) is 11.3. The number of aromatic hydroxyl groups is 1. The fourth-order valence-electron chi connectivity index (χ4n) is 1.79. The minimum Gasteiger partial charge on any atom is -0.508 e. The Morgan fingerprint density at radius 3 is 2.38 bits per heavy atom. The average molecular weight is 224 g/mol. The van der Waals surface area contributed by atoms with E-state index in [1.54, 1.807) is 12.1 Å². The summed E-state index contributed by atoms with van der Waals surface area (Å²) in [5, 5.41) is 9.40. The van der Waals surface area contributed by atoms with Crippen LogP contribution in [0.25, 0.3) is 0 Å². The average Bonchev–Trinajstić information content (AvgIpc) is 2.21. The van der Waals surface area contributed by atoms with Crippen LogP contribution in [0.1, 0.15) is 16.7 Å². The topological polar surface area (TPSA) is 74.2 Å². The number of hydrogen-bond acceptors (Lipinski definition) is 3. The molecule has 0 amide bonds. The second-order valence-corrected chi connectivity index (χ2v) is 3.98. The number of phenols is 1. The predicted molar refractivity (Wildman–Crippen MR) is 60.0 cm³/mol. The van der Waals surface area contributed by atoms with Crippen LogP contribution < -0.4 is 5.73 Å². The maximum Gasteiger partial charge on any atom is 0.364 e. The Balaban J connectivity index is 2.93. The zero-order valence-corrected chi connectivity index (χ0v) is 9.91. The monoisotopic (exact) mass is 224 g/mol. The SMILES string of the molecule is COC(=O)C([NH3+])Cc1c(C)cc(O)cc1C. The van der Waals surface area contributed by atoms with Gasteiger partial charge in [0.05, 0.1) is 7.11 Å². The molecule has 0 spiro atoms. The fourth-order valence-corrected chi connectivity index (χ4v) is 1.79. The Labute approximate surface area is 95.0 Å². The van der Waals surface area contributed by atoms with Crippen LogP contribution in [0.3, 0.4) is 0 Å². The molecule has 4 N–H and O–H groups in total. The lowest BCUT2D eigenvalue weighted by molar-refractivity contribution is -0.407. The highest BCUT2D eigenvalue weighted by Crippen LogP contribution is 2.21. The number of carbonyl (C=O) groups is 1. The Morgan fingerprint density at radius 1 is 1.44 bits per heavy atom. The lowest BCUT2D eigenvalue weighted by Crippen LogP contribution is -2.66. The van der Waals surface area contributed by atoms with Crippen LogP contribution in [0.15, 0.2) is 12.1 Å². The van der Waals surface area contributed by atoms with Gasteiger partial charge in [-0.3, -0.25) is 0 Å². The molecule has 1 aromatic carbocycles. The van der Waals surface area contributed by atoms with Gasteiger partial charge in [0, 0.05) is 6.42 Å². The van der Waals surface area contributed by atoms with E-state index in [4.69, 9.17) is 0 Å². The summed E-state index contributed by atoms with van der Waals surface area (Å²) < 4.78 is 4.64. The zero-order valence-electron chi connectivity index (χ0n) is 9.91. The third-order valence-electron chi connectivity index (χ3n) is 2.67. The van der Waals surface area contributed by atoms with Crippen LogP contribution in [-0.4, -0.2) is 24.2 Å². The molecule has 0 bridgehead atoms. The van der Waals surface area contributed by atoms with Crippen LogP contribution in [0.5, 0.6) is 5.75 Å². The third kappa shape index (κ3) is 2.73. The van der Waals surface area contributed by atoms with Gasteiger partial charge in [-0.1, -0.05) is 0 Å². The summed E-state index contributed by atoms with van der Waals surface area (Å²) in [5.41, 5.74) is 6.75. The van der Waals surface area contributed by atoms with Gasteiger partial charge in [-0.2, -0.15) is 0 Å². The van der Waals surface area contributed by atoms with Gasteiger partial charge < -0.3 is 15.6 Å². The Hall–Kier alpha value is -1.55. The van der Waals surface area contributed by atoms with Crippen molar-refractivity contribution in [2.75, 3.05) is 7.11 Å². The van der Waals surface area contributed by atoms with Crippen molar-refractivity contribution in [3.05, 3.63) is 28.8 Å². The lowest BCUT2D eigenvalue weighted by Gasteiger charge is -2.12. The minimum atomic E-state index is -0.410. The molecular weight excluding hydrogens is 206 g/mol. The van der Waals surface area contributed by atoms with Gasteiger partial charge in [0.2, 0.25) is 0 Å². The molecule has 0 saturated carbocycles. The van der Waals surface area contributed by atoms with E-state index in [1.807, 2.05) is 13.8 Å². The summed E-state index contributed by atoms with van der Waals surface area (Å²) in [6, 6.07) is 2.96. The van der Waals surface area contributed by atoms with Gasteiger partial charge in [0.15, 0.2) is 6.04 Å². The molecule has 0 aliphatic heterocycles. The van der Waals surface area contributed by atoms with Crippen LogP contribution in [0.2, 0.25) is 0 Å². The van der Waals surface area contributed by atoms with Crippen molar-refractivity contribution in [2.45, 2.75) is 26.3 Å². The number of ether oxygens (including phenoxy) is 1. The van der Waals surface area contributed by atoms with Crippen molar-refractivity contribution in [3.8, 4) is 5.75 Å². The molecule has 1 aromatic rings. The molecule has 1 rings (SSSR count). The third-order valence-corrected chi connectivity index (χ3v) is 2.67. The molecule has 16 heavy (non-hydrogen) atoms. The maximum atomic E-state index is 11.3. The molecule has 4 nitrogen and oxygen atoms in total. The molecule has 1 atom stereocenters. The summed E-state index contributed by atoms with van der Waals surface area (Å²) in [7, 11) is 1.36. The van der Waals surface area contributed by atoms with Crippen molar-refractivity contribution >= 4 is 5.97 Å². The number of phenolic OH excluding ortho intramolecular Hbond substituents is 1. The van der Waals surface area contributed by atoms with E-state index in [2.05, 4.69) is 10.5 Å². The van der Waals surface area contributed by atoms with Crippen molar-refractivity contribution in [2.24, 2.45) is 0 Å². The van der Waals surface area contributed by atoms with Crippen LogP contribution in [-0.2, 0) is 16.0 Å². The molecule has 0 fully saturated rings. The largest absolute Gasteiger partial charge is 0.508 e. The molecule has 0 aliphatic carbocycles. The van der Waals surface area contributed by atoms with Gasteiger partial charge in [0.1, 0.15) is 5.75 Å². The van der Waals surface area contributed by atoms with E-state index in [1.165, 1.54) is 7.11 Å². The highest BCUT2D eigenvalue weighted by atomic mass is 16.5.